The second-order valence-corrected chi connectivity index (χ2v) is 1.70. The predicted molar refractivity (Wildman–Crippen MR) is 31.1 cm³/mol. The molecule has 0 aromatic heterocycles. The van der Waals surface area contributed by atoms with Crippen molar-refractivity contribution in [1.82, 2.24) is 0 Å². The number of hydrogen-bond acceptors (Lipinski definition) is 2. The molecule has 0 spiro atoms. The lowest BCUT2D eigenvalue weighted by Gasteiger charge is -1.83. The first kappa shape index (κ1) is 4.50. The summed E-state index contributed by atoms with van der Waals surface area (Å²) in [5, 5.41) is 0. The summed E-state index contributed by atoms with van der Waals surface area (Å²) in [6, 6.07) is 0.319. The van der Waals surface area contributed by atoms with Gasteiger partial charge in [0, 0.05) is 6.21 Å². The van der Waals surface area contributed by atoms with Gasteiger partial charge in [-0.2, -0.15) is 0 Å². The van der Waals surface area contributed by atoms with Crippen LogP contribution in [0.15, 0.2) is 9.98 Å². The minimum atomic E-state index is 0.319. The highest BCUT2D eigenvalue weighted by Crippen LogP contribution is 1.95. The Kier molecular flexibility index (Phi) is 0.929. The Bertz CT molecular complexity index is 124. The minimum absolute atomic E-state index is 0.319. The Labute approximate surface area is 43.0 Å². The molecule has 1 aliphatic rings. The standard InChI is InChI=1S/C5H8N2/c1-4-3-6-5(2)7-4/h3-4H,1-2H3/t4-/m1/s1. The van der Waals surface area contributed by atoms with E-state index in [4.69, 9.17) is 0 Å². The third kappa shape index (κ3) is 0.856. The summed E-state index contributed by atoms with van der Waals surface area (Å²) in [6.07, 6.45) is 1.84. The van der Waals surface area contributed by atoms with E-state index in [9.17, 15) is 0 Å². The molecule has 0 aliphatic carbocycles. The van der Waals surface area contributed by atoms with E-state index in [1.165, 1.54) is 0 Å². The van der Waals surface area contributed by atoms with Crippen LogP contribution in [0, 0.1) is 0 Å². The lowest BCUT2D eigenvalue weighted by Crippen LogP contribution is -1.91. The molecule has 0 saturated carbocycles. The van der Waals surface area contributed by atoms with Gasteiger partial charge in [-0.15, -0.1) is 0 Å². The van der Waals surface area contributed by atoms with Gasteiger partial charge >= 0.3 is 0 Å². The van der Waals surface area contributed by atoms with Crippen LogP contribution in [-0.2, 0) is 0 Å². The van der Waals surface area contributed by atoms with Gasteiger partial charge in [-0.3, -0.25) is 4.99 Å². The van der Waals surface area contributed by atoms with E-state index >= 15 is 0 Å². The Hall–Kier alpha value is -0.660. The van der Waals surface area contributed by atoms with Crippen LogP contribution in [0.1, 0.15) is 13.8 Å². The third-order valence-electron chi connectivity index (χ3n) is 0.868. The lowest BCUT2D eigenvalue weighted by atomic mass is 10.4. The number of hydrogen-bond donors (Lipinski definition) is 0. The summed E-state index contributed by atoms with van der Waals surface area (Å²) in [5.41, 5.74) is 0. The van der Waals surface area contributed by atoms with Gasteiger partial charge in [0.15, 0.2) is 0 Å². The van der Waals surface area contributed by atoms with Crippen LogP contribution in [-0.4, -0.2) is 18.1 Å². The Balaban J connectivity index is 2.69. The second-order valence-electron chi connectivity index (χ2n) is 1.70. The Morgan fingerprint density at radius 3 is 2.57 bits per heavy atom. The fourth-order valence-electron chi connectivity index (χ4n) is 0.577. The SMILES string of the molecule is CC1=N[C@H](C)C=N1. The minimum Gasteiger partial charge on any atom is -0.262 e. The maximum Gasteiger partial charge on any atom is 0.120 e. The summed E-state index contributed by atoms with van der Waals surface area (Å²) in [6.45, 7) is 3.92. The molecule has 1 heterocycles. The summed E-state index contributed by atoms with van der Waals surface area (Å²) < 4.78 is 0. The molecule has 1 rings (SSSR count). The second kappa shape index (κ2) is 1.45. The zero-order valence-corrected chi connectivity index (χ0v) is 4.55. The van der Waals surface area contributed by atoms with Gasteiger partial charge in [0.2, 0.25) is 0 Å². The van der Waals surface area contributed by atoms with Crippen LogP contribution in [0.2, 0.25) is 0 Å². The molecule has 38 valence electrons. The first-order chi connectivity index (χ1) is 3.29. The largest absolute Gasteiger partial charge is 0.262 e. The van der Waals surface area contributed by atoms with Crippen LogP contribution in [0.4, 0.5) is 0 Å². The van der Waals surface area contributed by atoms with Crippen molar-refractivity contribution < 1.29 is 0 Å². The van der Waals surface area contributed by atoms with Crippen molar-refractivity contribution >= 4 is 12.1 Å². The molecular formula is C5H8N2. The normalized spacial score (nSPS) is 28.3. The van der Waals surface area contributed by atoms with Crippen LogP contribution < -0.4 is 0 Å². The van der Waals surface area contributed by atoms with Gasteiger partial charge in [-0.1, -0.05) is 0 Å². The molecule has 1 atom stereocenters. The van der Waals surface area contributed by atoms with Crippen molar-refractivity contribution in [3.05, 3.63) is 0 Å². The lowest BCUT2D eigenvalue weighted by molar-refractivity contribution is 1.02. The molecule has 0 N–H and O–H groups in total. The van der Waals surface area contributed by atoms with Crippen molar-refractivity contribution in [2.75, 3.05) is 0 Å². The molecule has 0 amide bonds. The smallest absolute Gasteiger partial charge is 0.120 e. The van der Waals surface area contributed by atoms with Crippen molar-refractivity contribution in [3.8, 4) is 0 Å². The van der Waals surface area contributed by atoms with E-state index in [0.29, 0.717) is 6.04 Å². The maximum atomic E-state index is 4.08. The molecule has 0 unspecified atom stereocenters. The highest BCUT2D eigenvalue weighted by Gasteiger charge is 1.99. The Morgan fingerprint density at radius 1 is 1.71 bits per heavy atom. The summed E-state index contributed by atoms with van der Waals surface area (Å²) >= 11 is 0. The summed E-state index contributed by atoms with van der Waals surface area (Å²) in [4.78, 5) is 8.03. The van der Waals surface area contributed by atoms with Crippen LogP contribution in [0.5, 0.6) is 0 Å². The van der Waals surface area contributed by atoms with Crippen molar-refractivity contribution in [3.63, 3.8) is 0 Å². The number of amidine groups is 1. The first-order valence-corrected chi connectivity index (χ1v) is 2.37. The van der Waals surface area contributed by atoms with E-state index < -0.39 is 0 Å². The number of nitrogens with zero attached hydrogens (tertiary/aromatic N) is 2. The molecular weight excluding hydrogens is 88.1 g/mol. The molecule has 0 saturated heterocycles. The van der Waals surface area contributed by atoms with Crippen molar-refractivity contribution in [2.24, 2.45) is 9.98 Å². The van der Waals surface area contributed by atoms with E-state index in [-0.39, 0.29) is 0 Å². The molecule has 2 heteroatoms. The average molecular weight is 96.1 g/mol. The van der Waals surface area contributed by atoms with Crippen molar-refractivity contribution in [2.45, 2.75) is 19.9 Å². The zero-order chi connectivity index (χ0) is 5.28. The molecule has 0 aromatic carbocycles. The highest BCUT2D eigenvalue weighted by molar-refractivity contribution is 5.94. The van der Waals surface area contributed by atoms with E-state index in [2.05, 4.69) is 9.98 Å². The van der Waals surface area contributed by atoms with Crippen LogP contribution >= 0.6 is 0 Å². The van der Waals surface area contributed by atoms with Gasteiger partial charge < -0.3 is 0 Å². The average Bonchev–Trinajstić information content (AvgIpc) is 1.87. The molecule has 0 bridgehead atoms. The molecule has 0 radical (unpaired) electrons. The molecule has 7 heavy (non-hydrogen) atoms. The van der Waals surface area contributed by atoms with E-state index in [1.54, 1.807) is 0 Å². The van der Waals surface area contributed by atoms with Gasteiger partial charge in [0.05, 0.1) is 6.04 Å². The Morgan fingerprint density at radius 2 is 2.43 bits per heavy atom. The van der Waals surface area contributed by atoms with Gasteiger partial charge in [0.25, 0.3) is 0 Å². The molecule has 0 fully saturated rings. The molecule has 2 nitrogen and oxygen atoms in total. The molecule has 0 aromatic rings. The fraction of sp³-hybridized carbons (Fsp3) is 0.600. The predicted octanol–water partition coefficient (Wildman–Crippen LogP) is 0.878. The third-order valence-corrected chi connectivity index (χ3v) is 0.868. The fourth-order valence-corrected chi connectivity index (χ4v) is 0.577. The number of aliphatic imine (C=N–C) groups is 2. The first-order valence-electron chi connectivity index (χ1n) is 2.37. The van der Waals surface area contributed by atoms with Gasteiger partial charge in [0.1, 0.15) is 5.84 Å². The quantitative estimate of drug-likeness (QED) is 0.427. The zero-order valence-electron chi connectivity index (χ0n) is 4.55. The topological polar surface area (TPSA) is 24.7 Å². The number of rotatable bonds is 0. The van der Waals surface area contributed by atoms with E-state index in [0.717, 1.165) is 5.84 Å². The van der Waals surface area contributed by atoms with Gasteiger partial charge in [-0.25, -0.2) is 4.99 Å². The molecule has 1 aliphatic heterocycles. The van der Waals surface area contributed by atoms with Crippen LogP contribution in [0.3, 0.4) is 0 Å². The van der Waals surface area contributed by atoms with Gasteiger partial charge in [-0.05, 0) is 13.8 Å². The van der Waals surface area contributed by atoms with Crippen LogP contribution in [0.25, 0.3) is 0 Å². The summed E-state index contributed by atoms with van der Waals surface area (Å²) in [5.74, 6) is 0.896. The summed E-state index contributed by atoms with van der Waals surface area (Å²) in [7, 11) is 0. The monoisotopic (exact) mass is 96.1 g/mol. The van der Waals surface area contributed by atoms with E-state index in [1.807, 2.05) is 20.1 Å². The van der Waals surface area contributed by atoms with Crippen molar-refractivity contribution in [1.29, 1.82) is 0 Å². The highest BCUT2D eigenvalue weighted by atomic mass is 15.0. The maximum absolute atomic E-state index is 4.08.